The molecule has 5 rings (SSSR count). The van der Waals surface area contributed by atoms with Crippen molar-refractivity contribution in [3.8, 4) is 23.2 Å². The van der Waals surface area contributed by atoms with Gasteiger partial charge in [0, 0.05) is 24.4 Å². The van der Waals surface area contributed by atoms with E-state index in [-0.39, 0.29) is 12.1 Å². The SMILES string of the molecule is CCOc1nccc2oc(-c3cnc4ccc(O[C@H]5C[C@H](N)C5)nn34)cc12. The summed E-state index contributed by atoms with van der Waals surface area (Å²) in [5.74, 6) is 1.74. The van der Waals surface area contributed by atoms with Gasteiger partial charge in [0.2, 0.25) is 11.8 Å². The van der Waals surface area contributed by atoms with Crippen LogP contribution in [0.4, 0.5) is 0 Å². The summed E-state index contributed by atoms with van der Waals surface area (Å²) < 4.78 is 19.2. The van der Waals surface area contributed by atoms with Crippen LogP contribution in [0.1, 0.15) is 19.8 Å². The summed E-state index contributed by atoms with van der Waals surface area (Å²) in [6, 6.07) is 7.64. The zero-order valence-corrected chi connectivity index (χ0v) is 14.8. The minimum atomic E-state index is 0.128. The number of hydrogen-bond donors (Lipinski definition) is 1. The van der Waals surface area contributed by atoms with Crippen LogP contribution in [0.3, 0.4) is 0 Å². The molecule has 8 nitrogen and oxygen atoms in total. The van der Waals surface area contributed by atoms with Crippen molar-refractivity contribution >= 4 is 16.6 Å². The van der Waals surface area contributed by atoms with Gasteiger partial charge >= 0.3 is 0 Å². The Kier molecular flexibility index (Phi) is 3.71. The third-order valence-electron chi connectivity index (χ3n) is 4.70. The van der Waals surface area contributed by atoms with E-state index < -0.39 is 0 Å². The van der Waals surface area contributed by atoms with E-state index in [1.54, 1.807) is 16.9 Å². The third kappa shape index (κ3) is 2.78. The Morgan fingerprint density at radius 3 is 2.96 bits per heavy atom. The Hall–Kier alpha value is -3.13. The maximum Gasteiger partial charge on any atom is 0.232 e. The van der Waals surface area contributed by atoms with E-state index in [4.69, 9.17) is 19.6 Å². The van der Waals surface area contributed by atoms with Gasteiger partial charge in [0.15, 0.2) is 11.4 Å². The lowest BCUT2D eigenvalue weighted by atomic mass is 9.90. The largest absolute Gasteiger partial charge is 0.477 e. The number of ether oxygens (including phenoxy) is 2. The maximum atomic E-state index is 6.00. The minimum absolute atomic E-state index is 0.128. The summed E-state index contributed by atoms with van der Waals surface area (Å²) in [5.41, 5.74) is 7.98. The molecular formula is C19H19N5O3. The normalized spacial score (nSPS) is 19.3. The highest BCUT2D eigenvalue weighted by Crippen LogP contribution is 2.32. The Bertz CT molecular complexity index is 1110. The molecule has 8 heteroatoms. The van der Waals surface area contributed by atoms with E-state index in [1.807, 2.05) is 31.2 Å². The van der Waals surface area contributed by atoms with Crippen LogP contribution in [-0.2, 0) is 0 Å². The number of nitrogens with zero attached hydrogens (tertiary/aromatic N) is 4. The molecule has 0 aromatic carbocycles. The molecule has 138 valence electrons. The lowest BCUT2D eigenvalue weighted by Crippen LogP contribution is -2.43. The van der Waals surface area contributed by atoms with Gasteiger partial charge in [-0.25, -0.2) is 14.5 Å². The monoisotopic (exact) mass is 365 g/mol. The van der Waals surface area contributed by atoms with Crippen LogP contribution in [0, 0.1) is 0 Å². The number of imidazole rings is 1. The standard InChI is InChI=1S/C19H19N5O3/c1-2-25-19-13-9-16(27-15(13)5-6-21-19)14-10-22-17-3-4-18(23-24(14)17)26-12-7-11(20)8-12/h3-6,9-12H,2,7-8,20H2,1H3/t11-,12-. The van der Waals surface area contributed by atoms with Crippen molar-refractivity contribution in [2.45, 2.75) is 31.9 Å². The van der Waals surface area contributed by atoms with Crippen LogP contribution in [0.15, 0.2) is 41.1 Å². The second-order valence-electron chi connectivity index (χ2n) is 6.63. The van der Waals surface area contributed by atoms with E-state index in [1.165, 1.54) is 0 Å². The van der Waals surface area contributed by atoms with Crippen molar-refractivity contribution in [3.05, 3.63) is 36.7 Å². The first-order valence-electron chi connectivity index (χ1n) is 9.00. The van der Waals surface area contributed by atoms with Gasteiger partial charge in [-0.15, -0.1) is 5.10 Å². The predicted octanol–water partition coefficient (Wildman–Crippen LogP) is 2.80. The summed E-state index contributed by atoms with van der Waals surface area (Å²) in [7, 11) is 0. The van der Waals surface area contributed by atoms with Crippen molar-refractivity contribution in [2.24, 2.45) is 5.73 Å². The van der Waals surface area contributed by atoms with Gasteiger partial charge in [-0.05, 0) is 31.9 Å². The van der Waals surface area contributed by atoms with Crippen molar-refractivity contribution < 1.29 is 13.9 Å². The highest BCUT2D eigenvalue weighted by Gasteiger charge is 2.28. The van der Waals surface area contributed by atoms with Crippen molar-refractivity contribution in [3.63, 3.8) is 0 Å². The fourth-order valence-corrected chi connectivity index (χ4v) is 3.28. The second-order valence-corrected chi connectivity index (χ2v) is 6.63. The smallest absolute Gasteiger partial charge is 0.232 e. The van der Waals surface area contributed by atoms with Crippen molar-refractivity contribution in [1.29, 1.82) is 0 Å². The van der Waals surface area contributed by atoms with Gasteiger partial charge in [-0.2, -0.15) is 0 Å². The van der Waals surface area contributed by atoms with Crippen molar-refractivity contribution in [2.75, 3.05) is 6.61 Å². The Labute approximate surface area is 154 Å². The Morgan fingerprint density at radius 2 is 2.15 bits per heavy atom. The van der Waals surface area contributed by atoms with E-state index in [2.05, 4.69) is 15.1 Å². The van der Waals surface area contributed by atoms with Crippen LogP contribution in [-0.4, -0.2) is 38.3 Å². The van der Waals surface area contributed by atoms with Gasteiger partial charge in [-0.1, -0.05) is 0 Å². The summed E-state index contributed by atoms with van der Waals surface area (Å²) in [5, 5.41) is 5.39. The number of aromatic nitrogens is 4. The summed E-state index contributed by atoms with van der Waals surface area (Å²) in [6.07, 6.45) is 5.24. The minimum Gasteiger partial charge on any atom is -0.477 e. The second kappa shape index (κ2) is 6.24. The maximum absolute atomic E-state index is 6.00. The first-order valence-corrected chi connectivity index (χ1v) is 9.00. The fraction of sp³-hybridized carbons (Fsp3) is 0.316. The van der Waals surface area contributed by atoms with Gasteiger partial charge in [0.05, 0.1) is 18.2 Å². The lowest BCUT2D eigenvalue weighted by molar-refractivity contribution is 0.0944. The van der Waals surface area contributed by atoms with E-state index in [9.17, 15) is 0 Å². The average molecular weight is 365 g/mol. The van der Waals surface area contributed by atoms with E-state index >= 15 is 0 Å². The molecule has 2 N–H and O–H groups in total. The molecule has 0 bridgehead atoms. The lowest BCUT2D eigenvalue weighted by Gasteiger charge is -2.31. The molecule has 0 saturated heterocycles. The zero-order chi connectivity index (χ0) is 18.4. The zero-order valence-electron chi connectivity index (χ0n) is 14.8. The predicted molar refractivity (Wildman–Crippen MR) is 98.8 cm³/mol. The first kappa shape index (κ1) is 16.1. The molecule has 0 amide bonds. The topological polar surface area (TPSA) is 101 Å². The molecule has 0 aliphatic heterocycles. The highest BCUT2D eigenvalue weighted by molar-refractivity contribution is 5.86. The van der Waals surface area contributed by atoms with Gasteiger partial charge < -0.3 is 19.6 Å². The van der Waals surface area contributed by atoms with Crippen LogP contribution in [0.25, 0.3) is 28.1 Å². The molecule has 1 aliphatic carbocycles. The molecule has 1 saturated carbocycles. The molecule has 4 aromatic rings. The van der Waals surface area contributed by atoms with Gasteiger partial charge in [0.1, 0.15) is 17.4 Å². The van der Waals surface area contributed by atoms with Crippen LogP contribution < -0.4 is 15.2 Å². The third-order valence-corrected chi connectivity index (χ3v) is 4.70. The molecule has 0 unspecified atom stereocenters. The summed E-state index contributed by atoms with van der Waals surface area (Å²) in [6.45, 7) is 2.46. The number of fused-ring (bicyclic) bond motifs is 2. The Morgan fingerprint density at radius 1 is 1.26 bits per heavy atom. The van der Waals surface area contributed by atoms with Crippen LogP contribution in [0.5, 0.6) is 11.8 Å². The van der Waals surface area contributed by atoms with Gasteiger partial charge in [-0.3, -0.25) is 0 Å². The first-order chi connectivity index (χ1) is 13.2. The Balaban J connectivity index is 1.54. The molecule has 0 spiro atoms. The van der Waals surface area contributed by atoms with Crippen LogP contribution in [0.2, 0.25) is 0 Å². The summed E-state index contributed by atoms with van der Waals surface area (Å²) in [4.78, 5) is 8.68. The highest BCUT2D eigenvalue weighted by atomic mass is 16.5. The van der Waals surface area contributed by atoms with Crippen LogP contribution >= 0.6 is 0 Å². The van der Waals surface area contributed by atoms with E-state index in [0.717, 1.165) is 23.9 Å². The molecule has 0 radical (unpaired) electrons. The molecule has 27 heavy (non-hydrogen) atoms. The number of nitrogens with two attached hydrogens (primary N) is 1. The quantitative estimate of drug-likeness (QED) is 0.580. The molecule has 4 heterocycles. The van der Waals surface area contributed by atoms with E-state index in [0.29, 0.717) is 35.4 Å². The number of pyridine rings is 1. The molecule has 4 aromatic heterocycles. The van der Waals surface area contributed by atoms with Crippen molar-refractivity contribution in [1.82, 2.24) is 19.6 Å². The molecule has 1 fully saturated rings. The average Bonchev–Trinajstić information content (AvgIpc) is 3.24. The molecule has 1 aliphatic rings. The number of rotatable bonds is 5. The van der Waals surface area contributed by atoms with Gasteiger partial charge in [0.25, 0.3) is 0 Å². The number of hydrogen-bond acceptors (Lipinski definition) is 7. The fourth-order valence-electron chi connectivity index (χ4n) is 3.28. The molecule has 0 atom stereocenters. The molecular weight excluding hydrogens is 346 g/mol. The number of furan rings is 1. The summed E-state index contributed by atoms with van der Waals surface area (Å²) >= 11 is 0.